The van der Waals surface area contributed by atoms with E-state index >= 15 is 0 Å². The maximum atomic E-state index is 11.4. The summed E-state index contributed by atoms with van der Waals surface area (Å²) in [5.41, 5.74) is 0. The van der Waals surface area contributed by atoms with Gasteiger partial charge in [0.25, 0.3) is 0 Å². The molecule has 0 aliphatic carbocycles. The van der Waals surface area contributed by atoms with E-state index in [1.807, 2.05) is 13.3 Å². The van der Waals surface area contributed by atoms with Crippen LogP contribution in [0.5, 0.6) is 0 Å². The molecule has 1 saturated heterocycles. The van der Waals surface area contributed by atoms with Crippen LogP contribution in [0.4, 0.5) is 0 Å². The molecule has 1 fully saturated rings. The van der Waals surface area contributed by atoms with Gasteiger partial charge in [-0.2, -0.15) is 0 Å². The van der Waals surface area contributed by atoms with Crippen LogP contribution in [0.25, 0.3) is 0 Å². The third-order valence-corrected chi connectivity index (χ3v) is 3.44. The first-order valence-corrected chi connectivity index (χ1v) is 7.34. The van der Waals surface area contributed by atoms with Crippen molar-refractivity contribution >= 4 is 7.14 Å². The molecule has 1 rings (SSSR count). The molecule has 0 spiro atoms. The van der Waals surface area contributed by atoms with Crippen molar-refractivity contribution in [1.29, 1.82) is 0 Å². The van der Waals surface area contributed by atoms with Crippen molar-refractivity contribution in [3.63, 3.8) is 0 Å². The highest BCUT2D eigenvalue weighted by Crippen LogP contribution is 2.35. The molecule has 3 nitrogen and oxygen atoms in total. The van der Waals surface area contributed by atoms with Gasteiger partial charge in [-0.25, -0.2) is 0 Å². The van der Waals surface area contributed by atoms with Crippen LogP contribution >= 0.6 is 7.14 Å². The Morgan fingerprint density at radius 3 is 2.42 bits per heavy atom. The maximum absolute atomic E-state index is 11.4. The Labute approximate surface area is 74.9 Å². The topological polar surface area (TPSA) is 32.3 Å². The number of hydrogen-bond donors (Lipinski definition) is 1. The molecule has 0 radical (unpaired) electrons. The Bertz CT molecular complexity index is 172. The van der Waals surface area contributed by atoms with Gasteiger partial charge < -0.3 is 14.8 Å². The number of nitrogens with one attached hydrogen (secondary N) is 1. The average Bonchev–Trinajstić information content (AvgIpc) is 2.02. The Morgan fingerprint density at radius 2 is 1.92 bits per heavy atom. The lowest BCUT2D eigenvalue weighted by Gasteiger charge is -2.27. The van der Waals surface area contributed by atoms with Gasteiger partial charge in [-0.15, -0.1) is 0 Å². The molecule has 0 atom stereocenters. The summed E-state index contributed by atoms with van der Waals surface area (Å²) in [5, 5.41) is 3.30. The van der Waals surface area contributed by atoms with Gasteiger partial charge in [0.15, 0.2) is 0 Å². The van der Waals surface area contributed by atoms with Gasteiger partial charge in [-0.1, -0.05) is 0 Å². The zero-order valence-electron chi connectivity index (χ0n) is 8.05. The molecule has 0 bridgehead atoms. The van der Waals surface area contributed by atoms with Crippen LogP contribution in [0.15, 0.2) is 0 Å². The first-order valence-electron chi connectivity index (χ1n) is 4.55. The highest BCUT2D eigenvalue weighted by atomic mass is 31.2. The van der Waals surface area contributed by atoms with Crippen molar-refractivity contribution in [2.45, 2.75) is 0 Å². The summed E-state index contributed by atoms with van der Waals surface area (Å²) in [6.45, 7) is 9.13. The number of rotatable bonds is 3. The molecule has 4 heteroatoms. The summed E-state index contributed by atoms with van der Waals surface area (Å²) in [5.74, 6) is 0. The van der Waals surface area contributed by atoms with E-state index in [-0.39, 0.29) is 0 Å². The van der Waals surface area contributed by atoms with E-state index in [0.717, 1.165) is 38.9 Å². The fourth-order valence-electron chi connectivity index (χ4n) is 1.32. The van der Waals surface area contributed by atoms with Gasteiger partial charge in [-0.3, -0.25) is 0 Å². The Hall–Kier alpha value is 0.150. The van der Waals surface area contributed by atoms with Crippen LogP contribution < -0.4 is 5.32 Å². The van der Waals surface area contributed by atoms with E-state index in [1.165, 1.54) is 0 Å². The normalized spacial score (nSPS) is 21.2. The minimum absolute atomic E-state index is 0.868. The molecular weight excluding hydrogens is 171 g/mol. The summed E-state index contributed by atoms with van der Waals surface area (Å²) in [7, 11) is -1.79. The quantitative estimate of drug-likeness (QED) is 0.658. The smallest absolute Gasteiger partial charge is 0.0831 e. The van der Waals surface area contributed by atoms with Gasteiger partial charge >= 0.3 is 0 Å². The number of hydrogen-bond acceptors (Lipinski definition) is 3. The molecule has 0 aromatic heterocycles. The minimum atomic E-state index is -1.79. The van der Waals surface area contributed by atoms with Crippen molar-refractivity contribution in [2.75, 3.05) is 52.2 Å². The predicted molar refractivity (Wildman–Crippen MR) is 53.6 cm³/mol. The monoisotopic (exact) mass is 190 g/mol. The summed E-state index contributed by atoms with van der Waals surface area (Å²) < 4.78 is 11.4. The average molecular weight is 190 g/mol. The highest BCUT2D eigenvalue weighted by Gasteiger charge is 2.13. The van der Waals surface area contributed by atoms with Crippen molar-refractivity contribution < 1.29 is 4.57 Å². The number of piperazine rings is 1. The fraction of sp³-hybridized carbons (Fsp3) is 1.00. The van der Waals surface area contributed by atoms with Crippen molar-refractivity contribution in [3.8, 4) is 0 Å². The van der Waals surface area contributed by atoms with Crippen LogP contribution in [0.2, 0.25) is 0 Å². The lowest BCUT2D eigenvalue weighted by molar-refractivity contribution is 0.254. The standard InChI is InChI=1S/C8H19N2OP/c1-12(2,11)8-7-10-5-3-9-4-6-10/h9H,3-8H2,1-2H3. The molecule has 1 N–H and O–H groups in total. The Kier molecular flexibility index (Phi) is 3.76. The SMILES string of the molecule is CP(C)(=O)CCN1CCNCC1. The van der Waals surface area contributed by atoms with Crippen molar-refractivity contribution in [1.82, 2.24) is 10.2 Å². The summed E-state index contributed by atoms with van der Waals surface area (Å²) in [4.78, 5) is 2.39. The predicted octanol–water partition coefficient (Wildman–Crippen LogP) is 0.514. The molecule has 0 unspecified atom stereocenters. The molecular formula is C8H19N2OP. The van der Waals surface area contributed by atoms with Crippen LogP contribution in [-0.4, -0.2) is 57.1 Å². The molecule has 1 heterocycles. The van der Waals surface area contributed by atoms with E-state index in [9.17, 15) is 4.57 Å². The third-order valence-electron chi connectivity index (χ3n) is 2.16. The minimum Gasteiger partial charge on any atom is -0.324 e. The van der Waals surface area contributed by atoms with Crippen molar-refractivity contribution in [2.24, 2.45) is 0 Å². The van der Waals surface area contributed by atoms with E-state index in [2.05, 4.69) is 10.2 Å². The molecule has 12 heavy (non-hydrogen) atoms. The Morgan fingerprint density at radius 1 is 1.33 bits per heavy atom. The second-order valence-corrected chi connectivity index (χ2v) is 7.48. The molecule has 72 valence electrons. The lowest BCUT2D eigenvalue weighted by Crippen LogP contribution is -2.44. The van der Waals surface area contributed by atoms with Crippen LogP contribution in [0.1, 0.15) is 0 Å². The second kappa shape index (κ2) is 4.40. The zero-order chi connectivity index (χ0) is 9.03. The molecule has 1 aliphatic heterocycles. The first-order chi connectivity index (χ1) is 5.58. The van der Waals surface area contributed by atoms with Gasteiger partial charge in [0.2, 0.25) is 0 Å². The van der Waals surface area contributed by atoms with Crippen LogP contribution in [-0.2, 0) is 4.57 Å². The van der Waals surface area contributed by atoms with Gasteiger partial charge in [0.05, 0.1) is 7.14 Å². The molecule has 0 aromatic rings. The summed E-state index contributed by atoms with van der Waals surface area (Å²) >= 11 is 0. The molecule has 0 amide bonds. The molecule has 0 saturated carbocycles. The van der Waals surface area contributed by atoms with Gasteiger partial charge in [-0.05, 0) is 13.3 Å². The third kappa shape index (κ3) is 4.24. The van der Waals surface area contributed by atoms with E-state index in [4.69, 9.17) is 0 Å². The first kappa shape index (κ1) is 10.2. The summed E-state index contributed by atoms with van der Waals surface area (Å²) in [6, 6.07) is 0. The molecule has 0 aromatic carbocycles. The summed E-state index contributed by atoms with van der Waals surface area (Å²) in [6.07, 6.45) is 0.868. The van der Waals surface area contributed by atoms with Gasteiger partial charge in [0.1, 0.15) is 0 Å². The Balaban J connectivity index is 2.17. The highest BCUT2D eigenvalue weighted by molar-refractivity contribution is 7.62. The van der Waals surface area contributed by atoms with E-state index in [1.54, 1.807) is 0 Å². The largest absolute Gasteiger partial charge is 0.324 e. The second-order valence-electron chi connectivity index (χ2n) is 3.89. The van der Waals surface area contributed by atoms with E-state index < -0.39 is 7.14 Å². The van der Waals surface area contributed by atoms with Crippen molar-refractivity contribution in [3.05, 3.63) is 0 Å². The number of nitrogens with zero attached hydrogens (tertiary/aromatic N) is 1. The zero-order valence-corrected chi connectivity index (χ0v) is 8.94. The van der Waals surface area contributed by atoms with Gasteiger partial charge in [0, 0.05) is 38.9 Å². The lowest BCUT2D eigenvalue weighted by atomic mass is 10.4. The fourth-order valence-corrected chi connectivity index (χ4v) is 2.08. The molecule has 1 aliphatic rings. The van der Waals surface area contributed by atoms with E-state index in [0.29, 0.717) is 0 Å². The van der Waals surface area contributed by atoms with Crippen LogP contribution in [0.3, 0.4) is 0 Å². The van der Waals surface area contributed by atoms with Crippen LogP contribution in [0, 0.1) is 0 Å². The maximum Gasteiger partial charge on any atom is 0.0831 e.